The van der Waals surface area contributed by atoms with Gasteiger partial charge in [0, 0.05) is 54.6 Å². The molecular weight excluding hydrogens is 883 g/mol. The number of halogens is 2. The van der Waals surface area contributed by atoms with Crippen LogP contribution >= 0.6 is 0 Å². The van der Waals surface area contributed by atoms with Crippen molar-refractivity contribution in [2.24, 2.45) is 0 Å². The lowest BCUT2D eigenvalue weighted by molar-refractivity contribution is 0.0196. The number of fused-ring (bicyclic) bond motifs is 2. The van der Waals surface area contributed by atoms with Crippen LogP contribution in [0.1, 0.15) is 112 Å². The summed E-state index contributed by atoms with van der Waals surface area (Å²) in [5.74, 6) is -2.38. The Morgan fingerprint density at radius 2 is 1.00 bits per heavy atom. The zero-order chi connectivity index (χ0) is 48.5. The number of ether oxygens (including phenoxy) is 4. The first-order valence-electron chi connectivity index (χ1n) is 23.0. The Labute approximate surface area is 389 Å². The fourth-order valence-electron chi connectivity index (χ4n) is 8.03. The number of ketones is 2. The van der Waals surface area contributed by atoms with E-state index in [1.807, 2.05) is 0 Å². The average molecular weight is 951 g/mol. The molecule has 2 aromatic heterocycles. The SMILES string of the molecule is CC(C)(C)OC(=O)N1CCC[C@H]1c1nc2cc(C(=O)C=CC(=O)c3cc4nc([C@@H]5CCCN5C(=O)OC(C)(C)C)n(COCC[Si](C)(C)C)c4cc3F)c(F)cc2n1COCC[Si](C)(C)C. The first-order chi connectivity index (χ1) is 30.7. The Hall–Kier alpha value is -4.79. The molecule has 14 nitrogen and oxygen atoms in total. The highest BCUT2D eigenvalue weighted by atomic mass is 28.3. The van der Waals surface area contributed by atoms with E-state index < -0.39 is 74.8 Å². The third-order valence-corrected chi connectivity index (χ3v) is 14.8. The highest BCUT2D eigenvalue weighted by Crippen LogP contribution is 2.37. The monoisotopic (exact) mass is 950 g/mol. The van der Waals surface area contributed by atoms with Crippen molar-refractivity contribution in [1.29, 1.82) is 0 Å². The fraction of sp³-hybridized carbons (Fsp3) is 0.583. The Morgan fingerprint density at radius 3 is 1.33 bits per heavy atom. The first kappa shape index (κ1) is 50.6. The number of rotatable bonds is 16. The van der Waals surface area contributed by atoms with Gasteiger partial charge in [-0.25, -0.2) is 28.3 Å². The molecule has 0 aliphatic carbocycles. The molecule has 2 amide bonds. The van der Waals surface area contributed by atoms with Crippen molar-refractivity contribution in [1.82, 2.24) is 28.9 Å². The number of hydrogen-bond donors (Lipinski definition) is 0. The predicted octanol–water partition coefficient (Wildman–Crippen LogP) is 11.1. The van der Waals surface area contributed by atoms with Crippen molar-refractivity contribution >= 4 is 62.0 Å². The van der Waals surface area contributed by atoms with Crippen molar-refractivity contribution in [3.63, 3.8) is 0 Å². The maximum Gasteiger partial charge on any atom is 0.410 e. The molecule has 2 aliphatic rings. The zero-order valence-corrected chi connectivity index (χ0v) is 42.8. The van der Waals surface area contributed by atoms with Crippen molar-refractivity contribution < 1.29 is 46.9 Å². The van der Waals surface area contributed by atoms with E-state index in [0.717, 1.165) is 24.2 Å². The maximum atomic E-state index is 16.0. The summed E-state index contributed by atoms with van der Waals surface area (Å²) in [6.07, 6.45) is 3.48. The third kappa shape index (κ3) is 12.6. The van der Waals surface area contributed by atoms with Crippen LogP contribution in [0, 0.1) is 11.6 Å². The van der Waals surface area contributed by atoms with Gasteiger partial charge in [0.15, 0.2) is 11.6 Å². The van der Waals surface area contributed by atoms with Crippen LogP contribution in [-0.4, -0.2) is 106 Å². The number of benzene rings is 2. The average Bonchev–Trinajstić information content (AvgIpc) is 4.00. The molecule has 0 N–H and O–H groups in total. The minimum absolute atomic E-state index is 0.0556. The minimum Gasteiger partial charge on any atom is -0.444 e. The molecule has 0 spiro atoms. The molecule has 4 heterocycles. The zero-order valence-electron chi connectivity index (χ0n) is 40.8. The molecule has 4 aromatic rings. The number of aromatic nitrogens is 4. The van der Waals surface area contributed by atoms with Crippen molar-refractivity contribution in [2.45, 2.75) is 155 Å². The summed E-state index contributed by atoms with van der Waals surface area (Å²) in [6, 6.07) is 5.94. The Kier molecular flexibility index (Phi) is 15.2. The normalized spacial score (nSPS) is 17.5. The van der Waals surface area contributed by atoms with E-state index in [9.17, 15) is 19.2 Å². The molecule has 2 aliphatic heterocycles. The highest BCUT2D eigenvalue weighted by molar-refractivity contribution is 6.76. The van der Waals surface area contributed by atoms with Crippen LogP contribution in [0.4, 0.5) is 18.4 Å². The lowest BCUT2D eigenvalue weighted by Gasteiger charge is -2.28. The van der Waals surface area contributed by atoms with Crippen molar-refractivity contribution in [3.8, 4) is 0 Å². The number of carbonyl (C=O) groups is 4. The second-order valence-corrected chi connectivity index (χ2v) is 33.1. The standard InChI is InChI=1S/C48H68F2N6O8Si2/c1-47(2,3)63-45(59)53-19-13-15-37(53)43-51-35-25-31(33(49)27-39(35)55(43)29-61-21-23-65(7,8)9)41(57)17-18-42(58)32-26-36-40(28-34(32)50)56(30-62-22-24-66(10,11)12)44(52-36)38-16-14-20-54(38)46(60)64-48(4,5)6/h17-18,25-28,37-38H,13-16,19-24,29-30H2,1-12H3/t37-,38-/m0/s1. The van der Waals surface area contributed by atoms with Crippen LogP contribution in [0.25, 0.3) is 22.1 Å². The van der Waals surface area contributed by atoms with E-state index in [1.165, 1.54) is 24.3 Å². The Morgan fingerprint density at radius 1 is 0.636 bits per heavy atom. The second-order valence-electron chi connectivity index (χ2n) is 21.9. The molecular formula is C48H68F2N6O8Si2. The summed E-state index contributed by atoms with van der Waals surface area (Å²) in [5, 5.41) is 0. The van der Waals surface area contributed by atoms with E-state index in [0.29, 0.717) is 85.7 Å². The van der Waals surface area contributed by atoms with E-state index in [2.05, 4.69) is 39.3 Å². The maximum absolute atomic E-state index is 16.0. The highest BCUT2D eigenvalue weighted by Gasteiger charge is 2.38. The molecule has 2 atom stereocenters. The summed E-state index contributed by atoms with van der Waals surface area (Å²) in [6.45, 7) is 26.3. The number of allylic oxidation sites excluding steroid dienone is 2. The number of nitrogens with zero attached hydrogens (tertiary/aromatic N) is 6. The van der Waals surface area contributed by atoms with E-state index >= 15 is 8.78 Å². The largest absolute Gasteiger partial charge is 0.444 e. The van der Waals surface area contributed by atoms with Crippen LogP contribution < -0.4 is 0 Å². The van der Waals surface area contributed by atoms with Gasteiger partial charge in [-0.05, 0) is 104 Å². The molecule has 18 heteroatoms. The molecule has 2 fully saturated rings. The van der Waals surface area contributed by atoms with E-state index in [1.54, 1.807) is 60.5 Å². The first-order valence-corrected chi connectivity index (χ1v) is 30.4. The molecule has 2 saturated heterocycles. The lowest BCUT2D eigenvalue weighted by atomic mass is 10.1. The molecule has 0 bridgehead atoms. The van der Waals surface area contributed by atoms with Gasteiger partial charge in [0.2, 0.25) is 0 Å². The number of imidazole rings is 2. The van der Waals surface area contributed by atoms with Crippen molar-refractivity contribution in [3.05, 3.63) is 70.8 Å². The summed E-state index contributed by atoms with van der Waals surface area (Å²) in [7, 11) is -2.85. The molecule has 66 heavy (non-hydrogen) atoms. The van der Waals surface area contributed by atoms with E-state index in [-0.39, 0.29) is 24.6 Å². The van der Waals surface area contributed by atoms with Crippen LogP contribution in [0.15, 0.2) is 36.4 Å². The van der Waals surface area contributed by atoms with Gasteiger partial charge >= 0.3 is 12.2 Å². The summed E-state index contributed by atoms with van der Waals surface area (Å²) in [5.41, 5.74) is -0.733. The fourth-order valence-corrected chi connectivity index (χ4v) is 9.55. The number of likely N-dealkylation sites (tertiary alicyclic amines) is 2. The Balaban J connectivity index is 1.29. The van der Waals surface area contributed by atoms with Crippen LogP contribution in [0.5, 0.6) is 0 Å². The molecule has 360 valence electrons. The van der Waals surface area contributed by atoms with Gasteiger partial charge in [0.1, 0.15) is 47.9 Å². The molecule has 6 rings (SSSR count). The second kappa shape index (κ2) is 19.8. The molecule has 0 radical (unpaired) electrons. The molecule has 0 unspecified atom stereocenters. The Bertz CT molecular complexity index is 2320. The number of carbonyl (C=O) groups excluding carboxylic acids is 4. The van der Waals surface area contributed by atoms with Crippen LogP contribution in [-0.2, 0) is 32.4 Å². The molecule has 2 aromatic carbocycles. The van der Waals surface area contributed by atoms with Gasteiger partial charge < -0.3 is 28.1 Å². The summed E-state index contributed by atoms with van der Waals surface area (Å²) >= 11 is 0. The van der Waals surface area contributed by atoms with Gasteiger partial charge in [0.25, 0.3) is 0 Å². The quantitative estimate of drug-likeness (QED) is 0.0460. The van der Waals surface area contributed by atoms with E-state index in [4.69, 9.17) is 28.9 Å². The topological polar surface area (TPSA) is 147 Å². The number of hydrogen-bond acceptors (Lipinski definition) is 10. The van der Waals surface area contributed by atoms with Gasteiger partial charge in [-0.2, -0.15) is 0 Å². The van der Waals surface area contributed by atoms with Gasteiger partial charge in [-0.1, -0.05) is 39.3 Å². The summed E-state index contributed by atoms with van der Waals surface area (Å²) < 4.78 is 59.2. The number of amides is 2. The van der Waals surface area contributed by atoms with Crippen molar-refractivity contribution in [2.75, 3.05) is 26.3 Å². The van der Waals surface area contributed by atoms with Crippen LogP contribution in [0.3, 0.4) is 0 Å². The molecule has 0 saturated carbocycles. The van der Waals surface area contributed by atoms with Crippen LogP contribution in [0.2, 0.25) is 51.4 Å². The third-order valence-electron chi connectivity index (χ3n) is 11.4. The minimum atomic E-state index is -1.42. The predicted molar refractivity (Wildman–Crippen MR) is 255 cm³/mol. The van der Waals surface area contributed by atoms with Gasteiger partial charge in [-0.15, -0.1) is 0 Å². The lowest BCUT2D eigenvalue weighted by Crippen LogP contribution is -2.37. The van der Waals surface area contributed by atoms with Gasteiger partial charge in [0.05, 0.1) is 45.3 Å². The van der Waals surface area contributed by atoms with Gasteiger partial charge in [-0.3, -0.25) is 19.4 Å². The smallest absolute Gasteiger partial charge is 0.410 e. The summed E-state index contributed by atoms with van der Waals surface area (Å²) in [4.78, 5) is 66.9.